The molecule has 3 amide bonds. The lowest BCUT2D eigenvalue weighted by Crippen LogP contribution is -2.57. The van der Waals surface area contributed by atoms with E-state index in [0.717, 1.165) is 5.56 Å². The molecule has 0 saturated carbocycles. The largest absolute Gasteiger partial charge is 0.497 e. The van der Waals surface area contributed by atoms with Crippen LogP contribution in [-0.2, 0) is 43.1 Å². The lowest BCUT2D eigenvalue weighted by molar-refractivity contribution is -0.145. The summed E-state index contributed by atoms with van der Waals surface area (Å²) in [6, 6.07) is 15.9. The molecule has 0 saturated heterocycles. The first-order valence-electron chi connectivity index (χ1n) is 15.1. The number of carbonyl (C=O) groups is 4. The van der Waals surface area contributed by atoms with E-state index in [4.69, 9.17) is 23.7 Å². The standard InChI is InChI=1S/C35H41N3O9/c1-35(2,3)47-34(42)38-27-18-22-9-14-25(15-10-22)46-30-20-23(11-16-29(30)44-5)19-28(33(41)45-6)37-31(39)26(36-32(27)40)17-21-7-12-24(43-4)13-8-21/h7-16,20,26-28H,17-19H2,1-6H3,(H,36,40)(H,37,39)(H,38,42)/t26-,27-,28+/m0/s1. The van der Waals surface area contributed by atoms with Gasteiger partial charge in [0, 0.05) is 19.3 Å². The molecular weight excluding hydrogens is 606 g/mol. The molecule has 3 aromatic carbocycles. The van der Waals surface area contributed by atoms with E-state index in [1.807, 2.05) is 0 Å². The van der Waals surface area contributed by atoms with Gasteiger partial charge in [0.25, 0.3) is 0 Å². The topological polar surface area (TPSA) is 151 Å². The number of methoxy groups -OCH3 is 3. The molecule has 47 heavy (non-hydrogen) atoms. The van der Waals surface area contributed by atoms with Gasteiger partial charge in [-0.25, -0.2) is 9.59 Å². The van der Waals surface area contributed by atoms with Gasteiger partial charge in [-0.05, 0) is 73.9 Å². The quantitative estimate of drug-likeness (QED) is 0.339. The summed E-state index contributed by atoms with van der Waals surface area (Å²) >= 11 is 0. The molecule has 3 atom stereocenters. The van der Waals surface area contributed by atoms with E-state index in [1.165, 1.54) is 14.2 Å². The second kappa shape index (κ2) is 15.4. The van der Waals surface area contributed by atoms with Crippen LogP contribution in [0.1, 0.15) is 37.5 Å². The van der Waals surface area contributed by atoms with Crippen LogP contribution >= 0.6 is 0 Å². The fraction of sp³-hybridized carbons (Fsp3) is 0.371. The molecule has 3 aromatic rings. The zero-order valence-corrected chi connectivity index (χ0v) is 27.4. The van der Waals surface area contributed by atoms with E-state index in [1.54, 1.807) is 94.6 Å². The summed E-state index contributed by atoms with van der Waals surface area (Å²) in [5.74, 6) is 0.0493. The lowest BCUT2D eigenvalue weighted by atomic mass is 10.0. The Morgan fingerprint density at radius 2 is 1.53 bits per heavy atom. The van der Waals surface area contributed by atoms with E-state index >= 15 is 0 Å². The maximum absolute atomic E-state index is 13.9. The van der Waals surface area contributed by atoms with Gasteiger partial charge in [0.15, 0.2) is 11.5 Å². The molecule has 0 radical (unpaired) electrons. The second-order valence-electron chi connectivity index (χ2n) is 12.0. The number of hydrogen-bond donors (Lipinski definition) is 3. The summed E-state index contributed by atoms with van der Waals surface area (Å²) in [4.78, 5) is 53.5. The van der Waals surface area contributed by atoms with E-state index in [0.29, 0.717) is 34.1 Å². The van der Waals surface area contributed by atoms with E-state index in [2.05, 4.69) is 16.0 Å². The Hall–Kier alpha value is -5.26. The van der Waals surface area contributed by atoms with Gasteiger partial charge >= 0.3 is 12.1 Å². The highest BCUT2D eigenvalue weighted by atomic mass is 16.6. The molecule has 5 rings (SSSR count). The van der Waals surface area contributed by atoms with Crippen molar-refractivity contribution >= 4 is 23.9 Å². The number of nitrogens with one attached hydrogen (secondary N) is 3. The summed E-state index contributed by atoms with van der Waals surface area (Å²) in [7, 11) is 4.29. The van der Waals surface area contributed by atoms with E-state index < -0.39 is 47.6 Å². The number of esters is 1. The van der Waals surface area contributed by atoms with Crippen molar-refractivity contribution < 1.29 is 42.9 Å². The number of amides is 3. The number of alkyl carbamates (subject to hydrolysis) is 1. The van der Waals surface area contributed by atoms with Crippen LogP contribution in [0.15, 0.2) is 66.7 Å². The zero-order chi connectivity index (χ0) is 34.1. The molecule has 3 N–H and O–H groups in total. The predicted octanol–water partition coefficient (Wildman–Crippen LogP) is 3.87. The summed E-state index contributed by atoms with van der Waals surface area (Å²) in [5.41, 5.74) is 1.28. The fourth-order valence-corrected chi connectivity index (χ4v) is 4.97. The van der Waals surface area contributed by atoms with Crippen LogP contribution in [0, 0.1) is 0 Å². The van der Waals surface area contributed by atoms with Crippen molar-refractivity contribution in [3.8, 4) is 23.0 Å². The Balaban J connectivity index is 1.76. The third-order valence-corrected chi connectivity index (χ3v) is 7.30. The average molecular weight is 648 g/mol. The fourth-order valence-electron chi connectivity index (χ4n) is 4.97. The van der Waals surface area contributed by atoms with Gasteiger partial charge in [0.1, 0.15) is 35.2 Å². The second-order valence-corrected chi connectivity index (χ2v) is 12.0. The van der Waals surface area contributed by atoms with Crippen LogP contribution in [0.5, 0.6) is 23.0 Å². The number of hydrogen-bond acceptors (Lipinski definition) is 9. The smallest absolute Gasteiger partial charge is 0.408 e. The van der Waals surface area contributed by atoms with Gasteiger partial charge in [0.2, 0.25) is 11.8 Å². The van der Waals surface area contributed by atoms with Crippen molar-refractivity contribution in [3.05, 3.63) is 83.4 Å². The Bertz CT molecular complexity index is 1570. The molecular formula is C35H41N3O9. The van der Waals surface area contributed by atoms with Crippen molar-refractivity contribution in [3.63, 3.8) is 0 Å². The molecule has 12 heteroatoms. The van der Waals surface area contributed by atoms with Gasteiger partial charge in [-0.2, -0.15) is 0 Å². The van der Waals surface area contributed by atoms with Gasteiger partial charge in [-0.3, -0.25) is 9.59 Å². The van der Waals surface area contributed by atoms with Crippen LogP contribution in [-0.4, -0.2) is 68.9 Å². The first-order valence-corrected chi connectivity index (χ1v) is 15.1. The third kappa shape index (κ3) is 9.86. The first-order chi connectivity index (χ1) is 22.4. The maximum Gasteiger partial charge on any atom is 0.408 e. The number of fused-ring (bicyclic) bond motifs is 10. The van der Waals surface area contributed by atoms with Crippen molar-refractivity contribution in [2.24, 2.45) is 0 Å². The monoisotopic (exact) mass is 647 g/mol. The molecule has 250 valence electrons. The molecule has 0 spiro atoms. The molecule has 0 fully saturated rings. The van der Waals surface area contributed by atoms with Crippen LogP contribution < -0.4 is 30.2 Å². The zero-order valence-electron chi connectivity index (χ0n) is 27.4. The molecule has 2 aliphatic heterocycles. The minimum Gasteiger partial charge on any atom is -0.497 e. The highest BCUT2D eigenvalue weighted by Gasteiger charge is 2.32. The van der Waals surface area contributed by atoms with Gasteiger partial charge in [0.05, 0.1) is 21.3 Å². The van der Waals surface area contributed by atoms with Gasteiger partial charge < -0.3 is 39.6 Å². The summed E-state index contributed by atoms with van der Waals surface area (Å²) in [6.45, 7) is 5.14. The number of rotatable bonds is 6. The molecule has 4 bridgehead atoms. The summed E-state index contributed by atoms with van der Waals surface area (Å²) in [5, 5.41) is 8.21. The van der Waals surface area contributed by atoms with Crippen LogP contribution in [0.3, 0.4) is 0 Å². The van der Waals surface area contributed by atoms with Crippen molar-refractivity contribution in [2.75, 3.05) is 21.3 Å². The van der Waals surface area contributed by atoms with Gasteiger partial charge in [-0.15, -0.1) is 0 Å². The Morgan fingerprint density at radius 3 is 2.15 bits per heavy atom. The highest BCUT2D eigenvalue weighted by molar-refractivity contribution is 5.93. The van der Waals surface area contributed by atoms with Crippen molar-refractivity contribution in [2.45, 2.75) is 63.8 Å². The van der Waals surface area contributed by atoms with E-state index in [9.17, 15) is 19.2 Å². The molecule has 2 heterocycles. The van der Waals surface area contributed by atoms with Crippen LogP contribution in [0.2, 0.25) is 0 Å². The summed E-state index contributed by atoms with van der Waals surface area (Å²) in [6.07, 6.45) is -0.587. The van der Waals surface area contributed by atoms with E-state index in [-0.39, 0.29) is 19.3 Å². The number of carbonyl (C=O) groups excluding carboxylic acids is 4. The molecule has 12 nitrogen and oxygen atoms in total. The third-order valence-electron chi connectivity index (χ3n) is 7.30. The highest BCUT2D eigenvalue weighted by Crippen LogP contribution is 2.33. The SMILES string of the molecule is COC(=O)[C@H]1Cc2ccc(OC)c(c2)Oc2ccc(cc2)C[C@H](NC(=O)OC(C)(C)C)C(=O)N[C@@H](Cc2ccc(OC)cc2)C(=O)N1. The summed E-state index contributed by atoms with van der Waals surface area (Å²) < 4.78 is 27.3. The van der Waals surface area contributed by atoms with Crippen LogP contribution in [0.25, 0.3) is 0 Å². The first kappa shape index (κ1) is 34.6. The lowest BCUT2D eigenvalue weighted by Gasteiger charge is -2.26. The normalized spacial score (nSPS) is 18.5. The average Bonchev–Trinajstić information content (AvgIpc) is 3.03. The molecule has 0 aliphatic carbocycles. The molecule has 2 aliphatic rings. The Kier molecular flexibility index (Phi) is 11.3. The van der Waals surface area contributed by atoms with Crippen molar-refractivity contribution in [1.82, 2.24) is 16.0 Å². The minimum absolute atomic E-state index is 0.0593. The molecule has 0 unspecified atom stereocenters. The van der Waals surface area contributed by atoms with Crippen LogP contribution in [0.4, 0.5) is 4.79 Å². The van der Waals surface area contributed by atoms with Gasteiger partial charge in [-0.1, -0.05) is 30.3 Å². The number of ether oxygens (including phenoxy) is 5. The van der Waals surface area contributed by atoms with Crippen molar-refractivity contribution in [1.29, 1.82) is 0 Å². The maximum atomic E-state index is 13.9. The minimum atomic E-state index is -1.14. The predicted molar refractivity (Wildman–Crippen MR) is 173 cm³/mol. The number of benzene rings is 3. The Morgan fingerprint density at radius 1 is 0.851 bits per heavy atom. The Labute approximate surface area is 274 Å². The molecule has 0 aromatic heterocycles.